The van der Waals surface area contributed by atoms with Crippen molar-refractivity contribution in [1.82, 2.24) is 19.7 Å². The molecule has 0 saturated heterocycles. The maximum atomic E-state index is 12.1. The van der Waals surface area contributed by atoms with Gasteiger partial charge in [0.1, 0.15) is 11.2 Å². The van der Waals surface area contributed by atoms with E-state index in [-0.39, 0.29) is 5.56 Å². The highest BCUT2D eigenvalue weighted by atomic mass is 16.5. The van der Waals surface area contributed by atoms with Crippen molar-refractivity contribution in [2.45, 2.75) is 58.9 Å². The Kier molecular flexibility index (Phi) is 6.11. The van der Waals surface area contributed by atoms with E-state index in [2.05, 4.69) is 40.6 Å². The van der Waals surface area contributed by atoms with E-state index < -0.39 is 0 Å². The fraction of sp³-hybridized carbons (Fsp3) is 0.647. The molecule has 2 aromatic heterocycles. The molecule has 1 aliphatic rings. The monoisotopic (exact) mass is 334 g/mol. The average molecular weight is 334 g/mol. The highest BCUT2D eigenvalue weighted by molar-refractivity contribution is 5.73. The molecule has 0 radical (unpaired) electrons. The zero-order chi connectivity index (χ0) is 17.7. The van der Waals surface area contributed by atoms with E-state index >= 15 is 0 Å². The highest BCUT2D eigenvalue weighted by Crippen LogP contribution is 2.45. The predicted molar refractivity (Wildman–Crippen MR) is 92.0 cm³/mol. The van der Waals surface area contributed by atoms with Crippen LogP contribution in [0.1, 0.15) is 64.7 Å². The lowest BCUT2D eigenvalue weighted by Crippen LogP contribution is -2.14. The van der Waals surface area contributed by atoms with Crippen LogP contribution in [0.5, 0.6) is 0 Å². The average Bonchev–Trinajstić information content (AvgIpc) is 3.15. The first-order valence-corrected chi connectivity index (χ1v) is 8.59. The Morgan fingerprint density at radius 2 is 2.08 bits per heavy atom. The number of H-pyrrole nitrogens is 1. The van der Waals surface area contributed by atoms with E-state index in [4.69, 9.17) is 0 Å². The Balaban J connectivity index is 0.000000368. The van der Waals surface area contributed by atoms with Gasteiger partial charge >= 0.3 is 0 Å². The number of carbonyl (C=O) groups is 1. The second-order valence-electron chi connectivity index (χ2n) is 6.12. The number of ether oxygens (including phenoxy) is 1. The number of carbonyl (C=O) groups excluding carboxylic acids is 1. The lowest BCUT2D eigenvalue weighted by Gasteiger charge is -2.13. The molecule has 1 aliphatic carbocycles. The molecule has 7 heteroatoms. The molecule has 7 nitrogen and oxygen atoms in total. The van der Waals surface area contributed by atoms with Gasteiger partial charge in [-0.25, -0.2) is 9.67 Å². The summed E-state index contributed by atoms with van der Waals surface area (Å²) in [5, 5.41) is 4.97. The van der Waals surface area contributed by atoms with Crippen molar-refractivity contribution >= 4 is 17.5 Å². The van der Waals surface area contributed by atoms with Gasteiger partial charge in [-0.1, -0.05) is 20.8 Å². The summed E-state index contributed by atoms with van der Waals surface area (Å²) in [4.78, 5) is 28.9. The highest BCUT2D eigenvalue weighted by Gasteiger charge is 2.36. The van der Waals surface area contributed by atoms with Gasteiger partial charge in [-0.3, -0.25) is 9.59 Å². The summed E-state index contributed by atoms with van der Waals surface area (Å²) in [5.74, 6) is 1.88. The van der Waals surface area contributed by atoms with Crippen LogP contribution in [0, 0.1) is 5.92 Å². The zero-order valence-electron chi connectivity index (χ0n) is 14.8. The maximum absolute atomic E-state index is 12.1. The summed E-state index contributed by atoms with van der Waals surface area (Å²) in [7, 11) is 0. The Labute approximate surface area is 141 Å². The second kappa shape index (κ2) is 8.08. The van der Waals surface area contributed by atoms with E-state index in [0.29, 0.717) is 36.3 Å². The van der Waals surface area contributed by atoms with Gasteiger partial charge in [-0.2, -0.15) is 5.10 Å². The normalized spacial score (nSPS) is 19.0. The quantitative estimate of drug-likeness (QED) is 0.820. The van der Waals surface area contributed by atoms with E-state index in [1.807, 2.05) is 4.68 Å². The predicted octanol–water partition coefficient (Wildman–Crippen LogP) is 2.78. The van der Waals surface area contributed by atoms with Gasteiger partial charge < -0.3 is 9.72 Å². The van der Waals surface area contributed by atoms with E-state index in [0.717, 1.165) is 30.7 Å². The molecular weight excluding hydrogens is 308 g/mol. The summed E-state index contributed by atoms with van der Waals surface area (Å²) < 4.78 is 6.07. The Morgan fingerprint density at radius 1 is 1.42 bits per heavy atom. The number of hydrogen-bond acceptors (Lipinski definition) is 5. The van der Waals surface area contributed by atoms with Crippen molar-refractivity contribution in [1.29, 1.82) is 0 Å². The van der Waals surface area contributed by atoms with Crippen LogP contribution in [0.3, 0.4) is 0 Å². The van der Waals surface area contributed by atoms with Crippen LogP contribution in [0.4, 0.5) is 0 Å². The minimum absolute atomic E-state index is 0.0590. The third kappa shape index (κ3) is 3.83. The van der Waals surface area contributed by atoms with Gasteiger partial charge in [0.05, 0.1) is 18.8 Å². The van der Waals surface area contributed by atoms with Crippen LogP contribution in [0.2, 0.25) is 0 Å². The number of aromatic amines is 1. The van der Waals surface area contributed by atoms with Crippen LogP contribution in [0.25, 0.3) is 11.0 Å². The zero-order valence-corrected chi connectivity index (χ0v) is 14.8. The molecule has 2 atom stereocenters. The molecular formula is C17H26N4O3. The number of rotatable bonds is 6. The standard InChI is InChI=1S/C14H20N4O.C3H6O2/c1-4-9(5-2)18-13-11(7-15-18)14(19)17-12(16-13)10-6-8(10)3;1-2-5-3-4/h7-10H,4-6H2,1-3H3,(H,16,17,19);3H,2H2,1H3. The molecule has 0 aromatic carbocycles. The van der Waals surface area contributed by atoms with Crippen molar-refractivity contribution in [3.8, 4) is 0 Å². The molecule has 1 fully saturated rings. The molecule has 1 saturated carbocycles. The van der Waals surface area contributed by atoms with E-state index in [1.165, 1.54) is 0 Å². The largest absolute Gasteiger partial charge is 0.468 e. The minimum Gasteiger partial charge on any atom is -0.468 e. The topological polar surface area (TPSA) is 89.9 Å². The third-order valence-corrected chi connectivity index (χ3v) is 4.47. The van der Waals surface area contributed by atoms with Crippen LogP contribution in [-0.2, 0) is 9.53 Å². The number of aromatic nitrogens is 4. The molecule has 0 spiro atoms. The Hall–Kier alpha value is -2.18. The molecule has 1 N–H and O–H groups in total. The van der Waals surface area contributed by atoms with Crippen molar-refractivity contribution in [3.05, 3.63) is 22.4 Å². The molecule has 0 amide bonds. The van der Waals surface area contributed by atoms with Crippen molar-refractivity contribution in [2.24, 2.45) is 5.92 Å². The summed E-state index contributed by atoms with van der Waals surface area (Å²) in [6.45, 7) is 9.13. The fourth-order valence-corrected chi connectivity index (χ4v) is 2.80. The lowest BCUT2D eigenvalue weighted by molar-refractivity contribution is -0.128. The number of nitrogens with zero attached hydrogens (tertiary/aromatic N) is 3. The molecule has 3 rings (SSSR count). The number of hydrogen-bond donors (Lipinski definition) is 1. The number of fused-ring (bicyclic) bond motifs is 1. The van der Waals surface area contributed by atoms with E-state index in [9.17, 15) is 9.59 Å². The molecule has 132 valence electrons. The summed E-state index contributed by atoms with van der Waals surface area (Å²) in [6.07, 6.45) is 4.75. The summed E-state index contributed by atoms with van der Waals surface area (Å²) in [6, 6.07) is 0.316. The van der Waals surface area contributed by atoms with Gasteiger partial charge in [-0.05, 0) is 32.1 Å². The third-order valence-electron chi connectivity index (χ3n) is 4.47. The van der Waals surface area contributed by atoms with Gasteiger partial charge in [0, 0.05) is 5.92 Å². The van der Waals surface area contributed by atoms with Gasteiger partial charge in [0.15, 0.2) is 5.65 Å². The minimum atomic E-state index is -0.0590. The second-order valence-corrected chi connectivity index (χ2v) is 6.12. The fourth-order valence-electron chi connectivity index (χ4n) is 2.80. The molecule has 2 heterocycles. The Morgan fingerprint density at radius 3 is 2.54 bits per heavy atom. The van der Waals surface area contributed by atoms with Crippen LogP contribution in [-0.4, -0.2) is 32.8 Å². The first-order valence-electron chi connectivity index (χ1n) is 8.59. The molecule has 2 aromatic rings. The first-order chi connectivity index (χ1) is 11.6. The first kappa shape index (κ1) is 18.2. The molecule has 24 heavy (non-hydrogen) atoms. The summed E-state index contributed by atoms with van der Waals surface area (Å²) >= 11 is 0. The smallest absolute Gasteiger partial charge is 0.293 e. The molecule has 0 aliphatic heterocycles. The number of nitrogens with one attached hydrogen (secondary N) is 1. The molecule has 0 bridgehead atoms. The van der Waals surface area contributed by atoms with E-state index in [1.54, 1.807) is 13.1 Å². The van der Waals surface area contributed by atoms with Crippen LogP contribution in [0.15, 0.2) is 11.0 Å². The Bertz CT molecular complexity index is 733. The maximum Gasteiger partial charge on any atom is 0.293 e. The van der Waals surface area contributed by atoms with Gasteiger partial charge in [-0.15, -0.1) is 0 Å². The van der Waals surface area contributed by atoms with Gasteiger partial charge in [0.25, 0.3) is 12.0 Å². The van der Waals surface area contributed by atoms with Crippen molar-refractivity contribution in [2.75, 3.05) is 6.61 Å². The SMILES string of the molecule is CCC(CC)n1ncc2c(=O)[nH]c(C3CC3C)nc21.CCOC=O. The van der Waals surface area contributed by atoms with Crippen LogP contribution >= 0.6 is 0 Å². The lowest BCUT2D eigenvalue weighted by atomic mass is 10.2. The van der Waals surface area contributed by atoms with Crippen molar-refractivity contribution < 1.29 is 9.53 Å². The van der Waals surface area contributed by atoms with Crippen molar-refractivity contribution in [3.63, 3.8) is 0 Å². The molecule has 2 unspecified atom stereocenters. The van der Waals surface area contributed by atoms with Crippen LogP contribution < -0.4 is 5.56 Å². The van der Waals surface area contributed by atoms with Gasteiger partial charge in [0.2, 0.25) is 0 Å². The summed E-state index contributed by atoms with van der Waals surface area (Å²) in [5.41, 5.74) is 0.683.